The number of halogens is 2. The van der Waals surface area contributed by atoms with E-state index >= 15 is 0 Å². The fraction of sp³-hybridized carbons (Fsp3) is 0.136. The van der Waals surface area contributed by atoms with E-state index in [0.717, 1.165) is 15.7 Å². The third kappa shape index (κ3) is 4.74. The van der Waals surface area contributed by atoms with Crippen LogP contribution >= 0.6 is 15.9 Å². The molecule has 5 heteroatoms. The third-order valence-corrected chi connectivity index (χ3v) is 4.81. The third-order valence-electron chi connectivity index (χ3n) is 4.28. The van der Waals surface area contributed by atoms with Crippen LogP contribution in [0.15, 0.2) is 84.0 Å². The number of carbonyl (C=O) groups is 1. The van der Waals surface area contributed by atoms with E-state index in [1.54, 1.807) is 23.1 Å². The maximum absolute atomic E-state index is 14.0. The van der Waals surface area contributed by atoms with Gasteiger partial charge in [-0.2, -0.15) is 0 Å². The molecule has 0 saturated carbocycles. The van der Waals surface area contributed by atoms with Gasteiger partial charge in [0.25, 0.3) is 5.91 Å². The SMILES string of the molecule is C=CCN(Cc1cccn1Cc1ccc(Br)cc1)C(=O)c1ccccc1F. The number of aromatic nitrogens is 1. The van der Waals surface area contributed by atoms with E-state index in [4.69, 9.17) is 0 Å². The summed E-state index contributed by atoms with van der Waals surface area (Å²) in [5.41, 5.74) is 2.21. The Morgan fingerprint density at radius 2 is 1.85 bits per heavy atom. The molecule has 0 N–H and O–H groups in total. The number of benzene rings is 2. The van der Waals surface area contributed by atoms with Gasteiger partial charge in [0.15, 0.2) is 0 Å². The summed E-state index contributed by atoms with van der Waals surface area (Å²) < 4.78 is 17.2. The predicted molar refractivity (Wildman–Crippen MR) is 109 cm³/mol. The average Bonchev–Trinajstić information content (AvgIpc) is 3.10. The molecule has 0 aliphatic heterocycles. The lowest BCUT2D eigenvalue weighted by atomic mass is 10.1. The van der Waals surface area contributed by atoms with Crippen molar-refractivity contribution in [2.24, 2.45) is 0 Å². The van der Waals surface area contributed by atoms with Crippen LogP contribution in [-0.4, -0.2) is 21.9 Å². The molecule has 0 aliphatic rings. The van der Waals surface area contributed by atoms with Crippen molar-refractivity contribution in [1.29, 1.82) is 0 Å². The summed E-state index contributed by atoms with van der Waals surface area (Å²) in [6, 6.07) is 18.1. The lowest BCUT2D eigenvalue weighted by molar-refractivity contribution is 0.0754. The van der Waals surface area contributed by atoms with Gasteiger partial charge in [0.1, 0.15) is 5.82 Å². The normalized spacial score (nSPS) is 10.6. The molecule has 1 heterocycles. The highest BCUT2D eigenvalue weighted by Crippen LogP contribution is 2.16. The summed E-state index contributed by atoms with van der Waals surface area (Å²) >= 11 is 3.44. The van der Waals surface area contributed by atoms with Crippen molar-refractivity contribution in [1.82, 2.24) is 9.47 Å². The Bertz CT molecular complexity index is 933. The van der Waals surface area contributed by atoms with Crippen LogP contribution in [-0.2, 0) is 13.1 Å². The highest BCUT2D eigenvalue weighted by Gasteiger charge is 2.19. The van der Waals surface area contributed by atoms with E-state index in [1.165, 1.54) is 12.1 Å². The zero-order valence-corrected chi connectivity index (χ0v) is 16.4. The van der Waals surface area contributed by atoms with Gasteiger partial charge in [0.05, 0.1) is 12.1 Å². The molecule has 1 amide bonds. The standard InChI is InChI=1S/C22H20BrFN2O/c1-2-13-26(22(27)20-7-3-4-8-21(20)24)16-19-6-5-14-25(19)15-17-9-11-18(23)12-10-17/h2-12,14H,1,13,15-16H2. The van der Waals surface area contributed by atoms with E-state index < -0.39 is 5.82 Å². The average molecular weight is 427 g/mol. The number of hydrogen-bond acceptors (Lipinski definition) is 1. The molecule has 2 aromatic carbocycles. The quantitative estimate of drug-likeness (QED) is 0.472. The molecule has 0 aliphatic carbocycles. The number of hydrogen-bond donors (Lipinski definition) is 0. The molecule has 138 valence electrons. The van der Waals surface area contributed by atoms with Crippen LogP contribution in [0.1, 0.15) is 21.6 Å². The van der Waals surface area contributed by atoms with Gasteiger partial charge >= 0.3 is 0 Å². The zero-order chi connectivity index (χ0) is 19.2. The molecule has 3 rings (SSSR count). The lowest BCUT2D eigenvalue weighted by Crippen LogP contribution is -2.32. The monoisotopic (exact) mass is 426 g/mol. The molecule has 0 saturated heterocycles. The van der Waals surface area contributed by atoms with Gasteiger partial charge in [-0.05, 0) is 42.0 Å². The largest absolute Gasteiger partial charge is 0.345 e. The van der Waals surface area contributed by atoms with Crippen molar-refractivity contribution >= 4 is 21.8 Å². The van der Waals surface area contributed by atoms with Crippen LogP contribution in [0, 0.1) is 5.82 Å². The number of carbonyl (C=O) groups excluding carboxylic acids is 1. The van der Waals surface area contributed by atoms with Crippen LogP contribution in [0.25, 0.3) is 0 Å². The molecule has 1 aromatic heterocycles. The van der Waals surface area contributed by atoms with Crippen molar-refractivity contribution in [2.75, 3.05) is 6.54 Å². The Labute approximate surface area is 166 Å². The van der Waals surface area contributed by atoms with Gasteiger partial charge < -0.3 is 9.47 Å². The Morgan fingerprint density at radius 3 is 2.56 bits per heavy atom. The van der Waals surface area contributed by atoms with Crippen LogP contribution < -0.4 is 0 Å². The molecule has 0 bridgehead atoms. The first kappa shape index (κ1) is 19.1. The first-order chi connectivity index (χ1) is 13.1. The summed E-state index contributed by atoms with van der Waals surface area (Å²) in [6.07, 6.45) is 3.64. The lowest BCUT2D eigenvalue weighted by Gasteiger charge is -2.22. The second-order valence-corrected chi connectivity index (χ2v) is 7.12. The Kier molecular flexibility index (Phi) is 6.24. The van der Waals surface area contributed by atoms with E-state index in [1.807, 2.05) is 30.5 Å². The van der Waals surface area contributed by atoms with E-state index in [9.17, 15) is 9.18 Å². The maximum Gasteiger partial charge on any atom is 0.257 e. The van der Waals surface area contributed by atoms with Gasteiger partial charge in [0, 0.05) is 29.5 Å². The van der Waals surface area contributed by atoms with E-state index in [2.05, 4.69) is 39.2 Å². The minimum Gasteiger partial charge on any atom is -0.345 e. The predicted octanol–water partition coefficient (Wildman–Crippen LogP) is 5.27. The Morgan fingerprint density at radius 1 is 1.11 bits per heavy atom. The molecule has 0 fully saturated rings. The van der Waals surface area contributed by atoms with E-state index in [0.29, 0.717) is 19.6 Å². The number of nitrogens with zero attached hydrogens (tertiary/aromatic N) is 2. The zero-order valence-electron chi connectivity index (χ0n) is 14.8. The fourth-order valence-corrected chi connectivity index (χ4v) is 3.17. The van der Waals surface area contributed by atoms with Crippen molar-refractivity contribution < 1.29 is 9.18 Å². The fourth-order valence-electron chi connectivity index (χ4n) is 2.91. The van der Waals surface area contributed by atoms with Crippen LogP contribution in [0.2, 0.25) is 0 Å². The van der Waals surface area contributed by atoms with Gasteiger partial charge in [-0.25, -0.2) is 4.39 Å². The van der Waals surface area contributed by atoms with Crippen LogP contribution in [0.4, 0.5) is 4.39 Å². The molecule has 0 unspecified atom stereocenters. The summed E-state index contributed by atoms with van der Waals surface area (Å²) in [7, 11) is 0. The Hall–Kier alpha value is -2.66. The minimum atomic E-state index is -0.512. The maximum atomic E-state index is 14.0. The topological polar surface area (TPSA) is 25.2 Å². The van der Waals surface area contributed by atoms with Crippen molar-refractivity contribution in [2.45, 2.75) is 13.1 Å². The summed E-state index contributed by atoms with van der Waals surface area (Å²) in [6.45, 7) is 5.15. The minimum absolute atomic E-state index is 0.0744. The summed E-state index contributed by atoms with van der Waals surface area (Å²) in [4.78, 5) is 14.4. The second-order valence-electron chi connectivity index (χ2n) is 6.21. The Balaban J connectivity index is 1.80. The molecular formula is C22H20BrFN2O. The highest BCUT2D eigenvalue weighted by atomic mass is 79.9. The van der Waals surface area contributed by atoms with Crippen molar-refractivity contribution in [3.63, 3.8) is 0 Å². The molecular weight excluding hydrogens is 407 g/mol. The highest BCUT2D eigenvalue weighted by molar-refractivity contribution is 9.10. The number of amides is 1. The smallest absolute Gasteiger partial charge is 0.257 e. The van der Waals surface area contributed by atoms with Crippen molar-refractivity contribution in [3.8, 4) is 0 Å². The molecule has 3 nitrogen and oxygen atoms in total. The molecule has 0 spiro atoms. The van der Waals surface area contributed by atoms with Gasteiger partial charge in [-0.1, -0.05) is 46.3 Å². The molecule has 3 aromatic rings. The van der Waals surface area contributed by atoms with Crippen LogP contribution in [0.5, 0.6) is 0 Å². The molecule has 27 heavy (non-hydrogen) atoms. The van der Waals surface area contributed by atoms with Gasteiger partial charge in [-0.15, -0.1) is 6.58 Å². The van der Waals surface area contributed by atoms with Gasteiger partial charge in [-0.3, -0.25) is 4.79 Å². The van der Waals surface area contributed by atoms with Crippen LogP contribution in [0.3, 0.4) is 0 Å². The van der Waals surface area contributed by atoms with Crippen molar-refractivity contribution in [3.05, 3.63) is 107 Å². The number of rotatable bonds is 7. The second kappa shape index (κ2) is 8.82. The summed E-state index contributed by atoms with van der Waals surface area (Å²) in [5.74, 6) is -0.855. The first-order valence-corrected chi connectivity index (χ1v) is 9.41. The van der Waals surface area contributed by atoms with E-state index in [-0.39, 0.29) is 11.5 Å². The first-order valence-electron chi connectivity index (χ1n) is 8.61. The molecule has 0 atom stereocenters. The molecule has 0 radical (unpaired) electrons. The summed E-state index contributed by atoms with van der Waals surface area (Å²) in [5, 5.41) is 0. The van der Waals surface area contributed by atoms with Gasteiger partial charge in [0.2, 0.25) is 0 Å².